The Kier molecular flexibility index (Phi) is 8.25. The third-order valence-corrected chi connectivity index (χ3v) is 6.31. The number of anilines is 1. The van der Waals surface area contributed by atoms with Crippen LogP contribution in [0.5, 0.6) is 0 Å². The van der Waals surface area contributed by atoms with E-state index in [1.165, 1.54) is 22.6 Å². The molecule has 0 radical (unpaired) electrons. The Balaban J connectivity index is 1.54. The summed E-state index contributed by atoms with van der Waals surface area (Å²) in [5.41, 5.74) is 3.08. The predicted octanol–water partition coefficient (Wildman–Crippen LogP) is 2.89. The highest BCUT2D eigenvalue weighted by Crippen LogP contribution is 2.24. The van der Waals surface area contributed by atoms with Gasteiger partial charge in [0.25, 0.3) is 0 Å². The molecule has 0 spiro atoms. The molecule has 2 aromatic rings. The Morgan fingerprint density at radius 1 is 1.32 bits per heavy atom. The molecule has 31 heavy (non-hydrogen) atoms. The third kappa shape index (κ3) is 6.18. The number of ether oxygens (including phenoxy) is 2. The first-order valence-corrected chi connectivity index (χ1v) is 11.4. The first kappa shape index (κ1) is 23.0. The van der Waals surface area contributed by atoms with Crippen LogP contribution in [-0.2, 0) is 16.0 Å². The van der Waals surface area contributed by atoms with Crippen molar-refractivity contribution in [3.05, 3.63) is 45.4 Å². The molecule has 1 aromatic carbocycles. The van der Waals surface area contributed by atoms with Crippen LogP contribution in [-0.4, -0.2) is 56.9 Å². The SMILES string of the molecule is CCOC(=O)c1sc(C(C)NC(=NC)NCc2ccc(N3CCOCC3)cc2)nc1C. The fourth-order valence-corrected chi connectivity index (χ4v) is 4.24. The maximum absolute atomic E-state index is 12.0. The molecule has 2 N–H and O–H groups in total. The quantitative estimate of drug-likeness (QED) is 0.385. The molecule has 1 atom stereocenters. The zero-order valence-electron chi connectivity index (χ0n) is 18.6. The van der Waals surface area contributed by atoms with Gasteiger partial charge in [0.05, 0.1) is 31.6 Å². The van der Waals surface area contributed by atoms with E-state index >= 15 is 0 Å². The molecule has 1 aromatic heterocycles. The zero-order valence-corrected chi connectivity index (χ0v) is 19.4. The van der Waals surface area contributed by atoms with Gasteiger partial charge in [-0.25, -0.2) is 9.78 Å². The Morgan fingerprint density at radius 2 is 2.03 bits per heavy atom. The van der Waals surface area contributed by atoms with Gasteiger partial charge in [0, 0.05) is 32.4 Å². The van der Waals surface area contributed by atoms with Crippen LogP contribution in [0.15, 0.2) is 29.3 Å². The summed E-state index contributed by atoms with van der Waals surface area (Å²) >= 11 is 1.35. The Bertz CT molecular complexity index is 891. The van der Waals surface area contributed by atoms with Crippen LogP contribution in [0.25, 0.3) is 0 Å². The van der Waals surface area contributed by atoms with Crippen molar-refractivity contribution in [3.8, 4) is 0 Å². The van der Waals surface area contributed by atoms with E-state index in [-0.39, 0.29) is 12.0 Å². The van der Waals surface area contributed by atoms with Crippen LogP contribution in [0.3, 0.4) is 0 Å². The third-order valence-electron chi connectivity index (χ3n) is 4.99. The molecule has 8 nitrogen and oxygen atoms in total. The van der Waals surface area contributed by atoms with Crippen molar-refractivity contribution in [1.82, 2.24) is 15.6 Å². The summed E-state index contributed by atoms with van der Waals surface area (Å²) < 4.78 is 10.5. The fourth-order valence-electron chi connectivity index (χ4n) is 3.28. The summed E-state index contributed by atoms with van der Waals surface area (Å²) in [5.74, 6) is 0.356. The summed E-state index contributed by atoms with van der Waals surface area (Å²) in [6.45, 7) is 10.0. The first-order chi connectivity index (χ1) is 15.0. The summed E-state index contributed by atoms with van der Waals surface area (Å²) in [6.07, 6.45) is 0. The lowest BCUT2D eigenvalue weighted by Gasteiger charge is -2.29. The van der Waals surface area contributed by atoms with E-state index < -0.39 is 0 Å². The van der Waals surface area contributed by atoms with Crippen molar-refractivity contribution in [1.29, 1.82) is 0 Å². The molecule has 2 heterocycles. The van der Waals surface area contributed by atoms with Gasteiger partial charge in [0.2, 0.25) is 0 Å². The smallest absolute Gasteiger partial charge is 0.350 e. The van der Waals surface area contributed by atoms with E-state index in [9.17, 15) is 4.79 Å². The number of carbonyl (C=O) groups excluding carboxylic acids is 1. The maximum atomic E-state index is 12.0. The molecule has 1 aliphatic rings. The number of thiazole rings is 1. The summed E-state index contributed by atoms with van der Waals surface area (Å²) in [6, 6.07) is 8.46. The average Bonchev–Trinajstić information content (AvgIpc) is 3.19. The number of aryl methyl sites for hydroxylation is 1. The van der Waals surface area contributed by atoms with Gasteiger partial charge in [-0.2, -0.15) is 0 Å². The van der Waals surface area contributed by atoms with Crippen LogP contribution < -0.4 is 15.5 Å². The average molecular weight is 446 g/mol. The van der Waals surface area contributed by atoms with Crippen LogP contribution in [0.2, 0.25) is 0 Å². The van der Waals surface area contributed by atoms with E-state index in [2.05, 4.69) is 49.8 Å². The van der Waals surface area contributed by atoms with Gasteiger partial charge >= 0.3 is 5.97 Å². The number of carbonyl (C=O) groups is 1. The number of guanidine groups is 1. The standard InChI is InChI=1S/C22H31N5O3S/c1-5-30-21(28)19-15(2)25-20(31-19)16(3)26-22(23-4)24-14-17-6-8-18(9-7-17)27-10-12-29-13-11-27/h6-9,16H,5,10-14H2,1-4H3,(H2,23,24,26). The number of nitrogens with zero attached hydrogens (tertiary/aromatic N) is 3. The van der Waals surface area contributed by atoms with Crippen LogP contribution >= 0.6 is 11.3 Å². The van der Waals surface area contributed by atoms with E-state index in [0.29, 0.717) is 29.7 Å². The van der Waals surface area contributed by atoms with Crippen molar-refractivity contribution in [2.24, 2.45) is 4.99 Å². The number of hydrogen-bond donors (Lipinski definition) is 2. The molecule has 1 fully saturated rings. The molecule has 3 rings (SSSR count). The van der Waals surface area contributed by atoms with Gasteiger partial charge in [0.15, 0.2) is 5.96 Å². The van der Waals surface area contributed by atoms with Gasteiger partial charge in [-0.05, 0) is 38.5 Å². The fraction of sp³-hybridized carbons (Fsp3) is 0.500. The lowest BCUT2D eigenvalue weighted by atomic mass is 10.2. The second kappa shape index (κ2) is 11.1. The highest BCUT2D eigenvalue weighted by Gasteiger charge is 2.20. The van der Waals surface area contributed by atoms with Crippen molar-refractivity contribution in [3.63, 3.8) is 0 Å². The molecular formula is C22H31N5O3S. The summed E-state index contributed by atoms with van der Waals surface area (Å²) in [5, 5.41) is 7.50. The van der Waals surface area contributed by atoms with E-state index in [4.69, 9.17) is 9.47 Å². The number of benzene rings is 1. The van der Waals surface area contributed by atoms with Crippen molar-refractivity contribution in [2.45, 2.75) is 33.4 Å². The van der Waals surface area contributed by atoms with Crippen LogP contribution in [0.1, 0.15) is 45.8 Å². The number of morpholine rings is 1. The minimum atomic E-state index is -0.320. The molecular weight excluding hydrogens is 414 g/mol. The second-order valence-corrected chi connectivity index (χ2v) is 8.28. The Hall–Kier alpha value is -2.65. The summed E-state index contributed by atoms with van der Waals surface area (Å²) in [7, 11) is 1.74. The van der Waals surface area contributed by atoms with E-state index in [1.807, 2.05) is 13.8 Å². The van der Waals surface area contributed by atoms with E-state index in [1.54, 1.807) is 14.0 Å². The van der Waals surface area contributed by atoms with Gasteiger partial charge in [-0.15, -0.1) is 11.3 Å². The van der Waals surface area contributed by atoms with Crippen molar-refractivity contribution < 1.29 is 14.3 Å². The monoisotopic (exact) mass is 445 g/mol. The summed E-state index contributed by atoms with van der Waals surface area (Å²) in [4.78, 5) is 23.8. The highest BCUT2D eigenvalue weighted by molar-refractivity contribution is 7.13. The maximum Gasteiger partial charge on any atom is 0.350 e. The van der Waals surface area contributed by atoms with Crippen molar-refractivity contribution in [2.75, 3.05) is 44.9 Å². The predicted molar refractivity (Wildman–Crippen MR) is 124 cm³/mol. The lowest BCUT2D eigenvalue weighted by Crippen LogP contribution is -2.38. The number of nitrogens with one attached hydrogen (secondary N) is 2. The lowest BCUT2D eigenvalue weighted by molar-refractivity contribution is 0.0531. The molecule has 0 amide bonds. The van der Waals surface area contributed by atoms with Gasteiger partial charge in [0.1, 0.15) is 9.88 Å². The van der Waals surface area contributed by atoms with E-state index in [0.717, 1.165) is 31.3 Å². The minimum absolute atomic E-state index is 0.0956. The first-order valence-electron chi connectivity index (χ1n) is 10.5. The van der Waals surface area contributed by atoms with Crippen LogP contribution in [0.4, 0.5) is 5.69 Å². The highest BCUT2D eigenvalue weighted by atomic mass is 32.1. The topological polar surface area (TPSA) is 88.1 Å². The van der Waals surface area contributed by atoms with Gasteiger partial charge < -0.3 is 25.0 Å². The number of hydrogen-bond acceptors (Lipinski definition) is 7. The molecule has 1 saturated heterocycles. The van der Waals surface area contributed by atoms with Crippen molar-refractivity contribution >= 4 is 29.0 Å². The van der Waals surface area contributed by atoms with Crippen LogP contribution in [0, 0.1) is 6.92 Å². The molecule has 0 aliphatic carbocycles. The second-order valence-electron chi connectivity index (χ2n) is 7.24. The molecule has 168 valence electrons. The molecule has 9 heteroatoms. The molecule has 1 aliphatic heterocycles. The zero-order chi connectivity index (χ0) is 22.2. The molecule has 0 saturated carbocycles. The molecule has 1 unspecified atom stereocenters. The minimum Gasteiger partial charge on any atom is -0.462 e. The Morgan fingerprint density at radius 3 is 2.68 bits per heavy atom. The number of esters is 1. The number of aliphatic imine (C=N–C) groups is 1. The largest absolute Gasteiger partial charge is 0.462 e. The Labute approximate surface area is 187 Å². The number of rotatable bonds is 7. The molecule has 0 bridgehead atoms. The van der Waals surface area contributed by atoms with Gasteiger partial charge in [-0.3, -0.25) is 4.99 Å². The van der Waals surface area contributed by atoms with Gasteiger partial charge in [-0.1, -0.05) is 12.1 Å². The normalized spacial score (nSPS) is 15.5. The number of aromatic nitrogens is 1.